The Labute approximate surface area is 220 Å². The maximum Gasteiger partial charge on any atom is 0.307 e. The van der Waals surface area contributed by atoms with E-state index in [1.54, 1.807) is 30.2 Å². The summed E-state index contributed by atoms with van der Waals surface area (Å²) in [5.41, 5.74) is 1.46. The molecular formula is C27H29ClN4O5. The van der Waals surface area contributed by atoms with Crippen LogP contribution in [0.5, 0.6) is 11.5 Å². The summed E-state index contributed by atoms with van der Waals surface area (Å²) in [7, 11) is 2.93. The van der Waals surface area contributed by atoms with Crippen LogP contribution in [-0.4, -0.2) is 60.2 Å². The van der Waals surface area contributed by atoms with Crippen molar-refractivity contribution in [2.75, 3.05) is 32.6 Å². The van der Waals surface area contributed by atoms with Gasteiger partial charge in [-0.05, 0) is 29.8 Å². The van der Waals surface area contributed by atoms with Gasteiger partial charge in [0.15, 0.2) is 11.5 Å². The predicted octanol–water partition coefficient (Wildman–Crippen LogP) is 4.56. The molecule has 37 heavy (non-hydrogen) atoms. The number of methoxy groups -OCH3 is 2. The van der Waals surface area contributed by atoms with Gasteiger partial charge >= 0.3 is 5.97 Å². The van der Waals surface area contributed by atoms with Gasteiger partial charge in [-0.25, -0.2) is 9.97 Å². The van der Waals surface area contributed by atoms with Crippen molar-refractivity contribution < 1.29 is 23.8 Å². The average molecular weight is 525 g/mol. The maximum atomic E-state index is 12.2. The molecule has 194 valence electrons. The van der Waals surface area contributed by atoms with Crippen LogP contribution in [0.4, 0.5) is 5.82 Å². The lowest BCUT2D eigenvalue weighted by Gasteiger charge is -2.31. The Bertz CT molecular complexity index is 1290. The van der Waals surface area contributed by atoms with Gasteiger partial charge in [-0.1, -0.05) is 30.3 Å². The number of esters is 1. The third-order valence-electron chi connectivity index (χ3n) is 6.30. The standard InChI is InChI=1S/C27H29ClN4O5/c1-4-25(33)32-10-8-19(9-11-32)37-24-13-20-22(14-23(24)35-2)29-16-30-27(20)31-21(15-26(34)36-3)17-6-5-7-18(28)12-17/h4-7,12-14,16,19,21H,1,8-11,15H2,2-3H3,(H,29,30,31). The summed E-state index contributed by atoms with van der Waals surface area (Å²) >= 11 is 6.21. The van der Waals surface area contributed by atoms with E-state index < -0.39 is 6.04 Å². The van der Waals surface area contributed by atoms with E-state index in [0.29, 0.717) is 59.2 Å². The zero-order chi connectivity index (χ0) is 26.4. The molecule has 10 heteroatoms. The van der Waals surface area contributed by atoms with E-state index in [-0.39, 0.29) is 24.4 Å². The van der Waals surface area contributed by atoms with E-state index in [0.717, 1.165) is 5.56 Å². The van der Waals surface area contributed by atoms with Crippen LogP contribution in [-0.2, 0) is 14.3 Å². The molecule has 1 aliphatic heterocycles. The summed E-state index contributed by atoms with van der Waals surface area (Å²) < 4.78 is 16.8. The number of carbonyl (C=O) groups is 2. The van der Waals surface area contributed by atoms with Crippen molar-refractivity contribution in [1.29, 1.82) is 0 Å². The van der Waals surface area contributed by atoms with Crippen molar-refractivity contribution in [3.63, 3.8) is 0 Å². The molecule has 1 fully saturated rings. The first-order valence-electron chi connectivity index (χ1n) is 11.9. The second kappa shape index (κ2) is 11.9. The van der Waals surface area contributed by atoms with E-state index in [1.165, 1.54) is 19.5 Å². The zero-order valence-electron chi connectivity index (χ0n) is 20.8. The Morgan fingerprint density at radius 1 is 1.19 bits per heavy atom. The van der Waals surface area contributed by atoms with Gasteiger partial charge in [-0.2, -0.15) is 0 Å². The quantitative estimate of drug-likeness (QED) is 0.321. The molecule has 1 aliphatic rings. The number of nitrogens with zero attached hydrogens (tertiary/aromatic N) is 3. The minimum absolute atomic E-state index is 0.0733. The van der Waals surface area contributed by atoms with Crippen molar-refractivity contribution >= 4 is 40.2 Å². The summed E-state index contributed by atoms with van der Waals surface area (Å²) in [4.78, 5) is 34.7. The average Bonchev–Trinajstić information content (AvgIpc) is 2.92. The van der Waals surface area contributed by atoms with E-state index >= 15 is 0 Å². The first kappa shape index (κ1) is 26.2. The monoisotopic (exact) mass is 524 g/mol. The third-order valence-corrected chi connectivity index (χ3v) is 6.54. The lowest BCUT2D eigenvalue weighted by Crippen LogP contribution is -2.41. The van der Waals surface area contributed by atoms with Gasteiger partial charge in [0.25, 0.3) is 0 Å². The SMILES string of the molecule is C=CC(=O)N1CCC(Oc2cc3c(NC(CC(=O)OC)c4cccc(Cl)c4)ncnc3cc2OC)CC1. The summed E-state index contributed by atoms with van der Waals surface area (Å²) in [5, 5.41) is 4.62. The molecule has 4 rings (SSSR count). The predicted molar refractivity (Wildman–Crippen MR) is 141 cm³/mol. The molecule has 1 amide bonds. The minimum atomic E-state index is -0.442. The molecule has 0 saturated carbocycles. The number of amides is 1. The second-order valence-electron chi connectivity index (χ2n) is 8.62. The van der Waals surface area contributed by atoms with Crippen LogP contribution in [0.1, 0.15) is 30.9 Å². The molecule has 1 N–H and O–H groups in total. The molecular weight excluding hydrogens is 496 g/mol. The number of ether oxygens (including phenoxy) is 3. The Kier molecular flexibility index (Phi) is 8.45. The highest BCUT2D eigenvalue weighted by atomic mass is 35.5. The molecule has 1 aromatic heterocycles. The lowest BCUT2D eigenvalue weighted by molar-refractivity contribution is -0.141. The molecule has 9 nitrogen and oxygen atoms in total. The highest BCUT2D eigenvalue weighted by molar-refractivity contribution is 6.30. The maximum absolute atomic E-state index is 12.2. The van der Waals surface area contributed by atoms with Crippen molar-refractivity contribution in [1.82, 2.24) is 14.9 Å². The van der Waals surface area contributed by atoms with Crippen LogP contribution in [0.3, 0.4) is 0 Å². The first-order chi connectivity index (χ1) is 17.9. The van der Waals surface area contributed by atoms with Gasteiger partial charge in [0, 0.05) is 42.4 Å². The number of aromatic nitrogens is 2. The highest BCUT2D eigenvalue weighted by Gasteiger charge is 2.25. The number of hydrogen-bond acceptors (Lipinski definition) is 8. The lowest BCUT2D eigenvalue weighted by atomic mass is 10.0. The number of nitrogens with one attached hydrogen (secondary N) is 1. The third kappa shape index (κ3) is 6.29. The van der Waals surface area contributed by atoms with Crippen molar-refractivity contribution in [3.8, 4) is 11.5 Å². The fourth-order valence-corrected chi connectivity index (χ4v) is 4.52. The fourth-order valence-electron chi connectivity index (χ4n) is 4.32. The van der Waals surface area contributed by atoms with E-state index in [1.807, 2.05) is 18.2 Å². The zero-order valence-corrected chi connectivity index (χ0v) is 21.5. The van der Waals surface area contributed by atoms with Crippen LogP contribution in [0.15, 0.2) is 55.4 Å². The second-order valence-corrected chi connectivity index (χ2v) is 9.06. The Balaban J connectivity index is 1.63. The molecule has 0 radical (unpaired) electrons. The van der Waals surface area contributed by atoms with Crippen LogP contribution in [0.2, 0.25) is 5.02 Å². The largest absolute Gasteiger partial charge is 0.493 e. The number of hydrogen-bond donors (Lipinski definition) is 1. The van der Waals surface area contributed by atoms with Gasteiger partial charge in [0.05, 0.1) is 32.2 Å². The number of fused-ring (bicyclic) bond motifs is 1. The van der Waals surface area contributed by atoms with Crippen molar-refractivity contribution in [3.05, 3.63) is 66.0 Å². The number of halogens is 1. The normalized spacial score (nSPS) is 14.6. The van der Waals surface area contributed by atoms with Gasteiger partial charge in [0.1, 0.15) is 18.2 Å². The smallest absolute Gasteiger partial charge is 0.307 e. The molecule has 0 bridgehead atoms. The van der Waals surface area contributed by atoms with Gasteiger partial charge in [-0.3, -0.25) is 9.59 Å². The number of piperidine rings is 1. The van der Waals surface area contributed by atoms with E-state index in [4.69, 9.17) is 25.8 Å². The summed E-state index contributed by atoms with van der Waals surface area (Å²) in [5.74, 6) is 1.17. The summed E-state index contributed by atoms with van der Waals surface area (Å²) in [6.45, 7) is 4.74. The van der Waals surface area contributed by atoms with E-state index in [9.17, 15) is 9.59 Å². The van der Waals surface area contributed by atoms with Gasteiger partial charge in [0.2, 0.25) is 5.91 Å². The topological polar surface area (TPSA) is 103 Å². The number of anilines is 1. The number of benzene rings is 2. The van der Waals surface area contributed by atoms with Crippen molar-refractivity contribution in [2.24, 2.45) is 0 Å². The Hall–Kier alpha value is -3.85. The van der Waals surface area contributed by atoms with Gasteiger partial charge in [-0.15, -0.1) is 0 Å². The number of carbonyl (C=O) groups excluding carboxylic acids is 2. The Morgan fingerprint density at radius 3 is 2.65 bits per heavy atom. The number of likely N-dealkylation sites (tertiary alicyclic amines) is 1. The fraction of sp³-hybridized carbons (Fsp3) is 0.333. The molecule has 2 heterocycles. The Morgan fingerprint density at radius 2 is 1.97 bits per heavy atom. The number of rotatable bonds is 9. The van der Waals surface area contributed by atoms with Crippen molar-refractivity contribution in [2.45, 2.75) is 31.4 Å². The molecule has 3 aromatic rings. The van der Waals surface area contributed by atoms with Crippen LogP contribution in [0.25, 0.3) is 10.9 Å². The molecule has 0 spiro atoms. The van der Waals surface area contributed by atoms with Crippen LogP contribution >= 0.6 is 11.6 Å². The van der Waals surface area contributed by atoms with E-state index in [2.05, 4.69) is 21.9 Å². The molecule has 1 saturated heterocycles. The summed E-state index contributed by atoms with van der Waals surface area (Å²) in [6, 6.07) is 10.5. The molecule has 0 aliphatic carbocycles. The highest BCUT2D eigenvalue weighted by Crippen LogP contribution is 2.37. The van der Waals surface area contributed by atoms with Crippen LogP contribution < -0.4 is 14.8 Å². The molecule has 1 atom stereocenters. The van der Waals surface area contributed by atoms with Crippen LogP contribution in [0, 0.1) is 0 Å². The summed E-state index contributed by atoms with van der Waals surface area (Å²) in [6.07, 6.45) is 4.15. The minimum Gasteiger partial charge on any atom is -0.493 e. The van der Waals surface area contributed by atoms with Gasteiger partial charge < -0.3 is 24.4 Å². The molecule has 2 aromatic carbocycles. The molecule has 1 unspecified atom stereocenters. The first-order valence-corrected chi connectivity index (χ1v) is 12.3.